The third kappa shape index (κ3) is 3.75. The number of hydrogen-bond donors (Lipinski definition) is 2. The first-order valence-electron chi connectivity index (χ1n) is 9.20. The summed E-state index contributed by atoms with van der Waals surface area (Å²) < 4.78 is 7.92. The van der Waals surface area contributed by atoms with E-state index in [0.29, 0.717) is 17.2 Å². The summed E-state index contributed by atoms with van der Waals surface area (Å²) in [5.74, 6) is 1.65. The second-order valence-corrected chi connectivity index (χ2v) is 6.64. The second-order valence-electron chi connectivity index (χ2n) is 6.64. The van der Waals surface area contributed by atoms with Crippen molar-refractivity contribution in [2.45, 2.75) is 6.92 Å². The fourth-order valence-corrected chi connectivity index (χ4v) is 3.05. The zero-order chi connectivity index (χ0) is 20.4. The highest BCUT2D eigenvalue weighted by Gasteiger charge is 2.11. The number of rotatable bonds is 5. The molecule has 0 aliphatic carbocycles. The van der Waals surface area contributed by atoms with Crippen molar-refractivity contribution in [3.63, 3.8) is 0 Å². The number of nitrogens with one attached hydrogen (secondary N) is 2. The van der Waals surface area contributed by atoms with Gasteiger partial charge in [0.15, 0.2) is 0 Å². The number of carbonyl (C=O) groups is 1. The van der Waals surface area contributed by atoms with Crippen molar-refractivity contribution in [1.82, 2.24) is 19.9 Å². The Morgan fingerprint density at radius 3 is 2.66 bits per heavy atom. The van der Waals surface area contributed by atoms with E-state index in [1.54, 1.807) is 25.4 Å². The summed E-state index contributed by atoms with van der Waals surface area (Å²) in [5.41, 5.74) is 4.25. The van der Waals surface area contributed by atoms with Crippen LogP contribution >= 0.6 is 0 Å². The Hall–Kier alpha value is -3.87. The van der Waals surface area contributed by atoms with E-state index in [0.717, 1.165) is 28.2 Å². The van der Waals surface area contributed by atoms with Crippen molar-refractivity contribution in [3.05, 3.63) is 72.1 Å². The maximum absolute atomic E-state index is 11.8. The molecule has 4 rings (SSSR count). The van der Waals surface area contributed by atoms with Crippen LogP contribution in [-0.4, -0.2) is 27.5 Å². The normalized spacial score (nSPS) is 10.7. The van der Waals surface area contributed by atoms with E-state index >= 15 is 0 Å². The summed E-state index contributed by atoms with van der Waals surface area (Å²) in [7, 11) is 3.53. The van der Waals surface area contributed by atoms with Crippen molar-refractivity contribution in [1.29, 1.82) is 0 Å². The number of ether oxygens (including phenoxy) is 1. The van der Waals surface area contributed by atoms with E-state index in [9.17, 15) is 4.79 Å². The first-order valence-corrected chi connectivity index (χ1v) is 9.20. The highest BCUT2D eigenvalue weighted by molar-refractivity contribution is 5.92. The van der Waals surface area contributed by atoms with Crippen molar-refractivity contribution in [2.75, 3.05) is 12.4 Å². The van der Waals surface area contributed by atoms with E-state index in [1.165, 1.54) is 0 Å². The number of nitrogens with zero attached hydrogens (tertiary/aromatic N) is 3. The van der Waals surface area contributed by atoms with E-state index in [-0.39, 0.29) is 5.91 Å². The third-order valence-electron chi connectivity index (χ3n) is 4.67. The molecule has 0 aliphatic heterocycles. The van der Waals surface area contributed by atoms with Crippen LogP contribution in [0, 0.1) is 6.92 Å². The molecular formula is C22H21N5O2. The molecule has 0 saturated carbocycles. The van der Waals surface area contributed by atoms with Crippen LogP contribution in [0.1, 0.15) is 16.1 Å². The van der Waals surface area contributed by atoms with E-state index < -0.39 is 0 Å². The highest BCUT2D eigenvalue weighted by atomic mass is 16.5. The molecule has 29 heavy (non-hydrogen) atoms. The molecule has 1 amide bonds. The number of amides is 1. The molecule has 2 heterocycles. The van der Waals surface area contributed by atoms with Gasteiger partial charge in [0.2, 0.25) is 5.95 Å². The molecule has 0 spiro atoms. The number of hydrogen-bond acceptors (Lipinski definition) is 5. The molecule has 0 bridgehead atoms. The SMILES string of the molecule is CNC(=O)c1cc(Oc2ccc3c(c2)nc(Nc2ccccc2C)n3C)ccn1. The summed E-state index contributed by atoms with van der Waals surface area (Å²) >= 11 is 0. The smallest absolute Gasteiger partial charge is 0.269 e. The average molecular weight is 387 g/mol. The van der Waals surface area contributed by atoms with Crippen LogP contribution in [0.5, 0.6) is 11.5 Å². The molecule has 7 heteroatoms. The molecule has 0 saturated heterocycles. The van der Waals surface area contributed by atoms with Crippen LogP contribution < -0.4 is 15.4 Å². The zero-order valence-corrected chi connectivity index (χ0v) is 16.4. The number of para-hydroxylation sites is 1. The maximum Gasteiger partial charge on any atom is 0.269 e. The van der Waals surface area contributed by atoms with Crippen molar-refractivity contribution in [3.8, 4) is 11.5 Å². The minimum atomic E-state index is -0.262. The monoisotopic (exact) mass is 387 g/mol. The number of imidazole rings is 1. The topological polar surface area (TPSA) is 81.1 Å². The third-order valence-corrected chi connectivity index (χ3v) is 4.67. The number of fused-ring (bicyclic) bond motifs is 1. The molecule has 0 radical (unpaired) electrons. The first-order chi connectivity index (χ1) is 14.0. The first kappa shape index (κ1) is 18.5. The molecule has 2 aromatic carbocycles. The Labute approximate surface area is 168 Å². The van der Waals surface area contributed by atoms with Gasteiger partial charge in [-0.05, 0) is 36.8 Å². The van der Waals surface area contributed by atoms with Crippen LogP contribution in [0.4, 0.5) is 11.6 Å². The summed E-state index contributed by atoms with van der Waals surface area (Å²) in [6.07, 6.45) is 1.55. The fourth-order valence-electron chi connectivity index (χ4n) is 3.05. The number of benzene rings is 2. The molecule has 0 fully saturated rings. The van der Waals surface area contributed by atoms with Gasteiger partial charge in [-0.25, -0.2) is 4.98 Å². The Morgan fingerprint density at radius 1 is 1.07 bits per heavy atom. The number of anilines is 2. The molecular weight excluding hydrogens is 366 g/mol. The lowest BCUT2D eigenvalue weighted by Gasteiger charge is -2.08. The summed E-state index contributed by atoms with van der Waals surface area (Å²) in [4.78, 5) is 20.5. The molecule has 2 N–H and O–H groups in total. The van der Waals surface area contributed by atoms with E-state index in [2.05, 4.69) is 28.6 Å². The number of carbonyl (C=O) groups excluding carboxylic acids is 1. The summed E-state index contributed by atoms with van der Waals surface area (Å²) in [6, 6.07) is 17.1. The van der Waals surface area contributed by atoms with Crippen molar-refractivity contribution in [2.24, 2.45) is 7.05 Å². The van der Waals surface area contributed by atoms with Gasteiger partial charge in [0, 0.05) is 38.1 Å². The lowest BCUT2D eigenvalue weighted by Crippen LogP contribution is -2.18. The molecule has 0 atom stereocenters. The van der Waals surface area contributed by atoms with Crippen molar-refractivity contribution >= 4 is 28.6 Å². The molecule has 0 aliphatic rings. The van der Waals surface area contributed by atoms with Gasteiger partial charge in [0.25, 0.3) is 5.91 Å². The lowest BCUT2D eigenvalue weighted by atomic mass is 10.2. The second kappa shape index (κ2) is 7.63. The van der Waals surface area contributed by atoms with Gasteiger partial charge in [-0.3, -0.25) is 9.78 Å². The average Bonchev–Trinajstić information content (AvgIpc) is 3.04. The fraction of sp³-hybridized carbons (Fsp3) is 0.136. The van der Waals surface area contributed by atoms with Crippen LogP contribution in [0.25, 0.3) is 11.0 Å². The predicted molar refractivity (Wildman–Crippen MR) is 113 cm³/mol. The van der Waals surface area contributed by atoms with Gasteiger partial charge >= 0.3 is 0 Å². The van der Waals surface area contributed by atoms with Crippen LogP contribution in [0.15, 0.2) is 60.8 Å². The van der Waals surface area contributed by atoms with Gasteiger partial charge in [0.1, 0.15) is 17.2 Å². The van der Waals surface area contributed by atoms with Crippen molar-refractivity contribution < 1.29 is 9.53 Å². The molecule has 146 valence electrons. The molecule has 7 nitrogen and oxygen atoms in total. The quantitative estimate of drug-likeness (QED) is 0.537. The maximum atomic E-state index is 11.8. The Morgan fingerprint density at radius 2 is 1.86 bits per heavy atom. The zero-order valence-electron chi connectivity index (χ0n) is 16.4. The van der Waals surface area contributed by atoms with Crippen LogP contribution in [0.2, 0.25) is 0 Å². The number of aryl methyl sites for hydroxylation is 2. The van der Waals surface area contributed by atoms with E-state index in [4.69, 9.17) is 9.72 Å². The number of pyridine rings is 1. The Kier molecular flexibility index (Phi) is 4.87. The molecule has 0 unspecified atom stereocenters. The van der Waals surface area contributed by atoms with Gasteiger partial charge < -0.3 is 19.9 Å². The molecule has 4 aromatic rings. The minimum Gasteiger partial charge on any atom is -0.457 e. The Balaban J connectivity index is 1.62. The van der Waals surface area contributed by atoms with E-state index in [1.807, 2.05) is 48.0 Å². The largest absolute Gasteiger partial charge is 0.457 e. The van der Waals surface area contributed by atoms with Gasteiger partial charge in [-0.1, -0.05) is 18.2 Å². The predicted octanol–water partition coefficient (Wildman–Crippen LogP) is 4.17. The minimum absolute atomic E-state index is 0.262. The summed E-state index contributed by atoms with van der Waals surface area (Å²) in [6.45, 7) is 2.05. The van der Waals surface area contributed by atoms with Crippen LogP contribution in [0.3, 0.4) is 0 Å². The highest BCUT2D eigenvalue weighted by Crippen LogP contribution is 2.28. The standard InChI is InChI=1S/C22H21N5O2/c1-14-6-4-5-7-17(14)25-22-26-18-12-15(8-9-20(18)27(22)3)29-16-10-11-24-19(13-16)21(28)23-2/h4-13H,1-3H3,(H,23,28)(H,25,26). The summed E-state index contributed by atoms with van der Waals surface area (Å²) in [5, 5.41) is 5.94. The van der Waals surface area contributed by atoms with Gasteiger partial charge in [0.05, 0.1) is 11.0 Å². The number of aromatic nitrogens is 3. The van der Waals surface area contributed by atoms with Gasteiger partial charge in [-0.15, -0.1) is 0 Å². The lowest BCUT2D eigenvalue weighted by molar-refractivity contribution is 0.0958. The Bertz CT molecular complexity index is 1200. The van der Waals surface area contributed by atoms with Crippen LogP contribution in [-0.2, 0) is 7.05 Å². The van der Waals surface area contributed by atoms with Gasteiger partial charge in [-0.2, -0.15) is 0 Å². The molecule has 2 aromatic heterocycles.